The minimum atomic E-state index is -0.249. The highest BCUT2D eigenvalue weighted by atomic mass is 19.1. The molecule has 2 rings (SSSR count). The van der Waals surface area contributed by atoms with Crippen molar-refractivity contribution >= 4 is 17.1 Å². The lowest BCUT2D eigenvalue weighted by atomic mass is 10.1. The Balaban J connectivity index is 2.36. The van der Waals surface area contributed by atoms with Crippen LogP contribution in [0.5, 0.6) is 5.75 Å². The third kappa shape index (κ3) is 2.37. The maximum Gasteiger partial charge on any atom is 0.128 e. The molecule has 4 heteroatoms. The van der Waals surface area contributed by atoms with Gasteiger partial charge in [0.2, 0.25) is 0 Å². The molecule has 0 aliphatic rings. The number of hydrogen-bond acceptors (Lipinski definition) is 3. The molecular weight excluding hydrogens is 231 g/mol. The van der Waals surface area contributed by atoms with E-state index in [4.69, 9.17) is 10.5 Å². The van der Waals surface area contributed by atoms with Crippen LogP contribution in [0.2, 0.25) is 0 Å². The number of methoxy groups -OCH3 is 1. The Morgan fingerprint density at radius 1 is 1.17 bits per heavy atom. The van der Waals surface area contributed by atoms with Crippen molar-refractivity contribution in [2.24, 2.45) is 0 Å². The summed E-state index contributed by atoms with van der Waals surface area (Å²) in [5, 5.41) is 3.11. The molecule has 94 valence electrons. The molecule has 0 radical (unpaired) electrons. The first kappa shape index (κ1) is 12.2. The van der Waals surface area contributed by atoms with E-state index in [1.807, 2.05) is 0 Å². The lowest BCUT2D eigenvalue weighted by molar-refractivity contribution is 0.415. The number of nitrogen functional groups attached to an aromatic ring is 1. The maximum absolute atomic E-state index is 13.4. The van der Waals surface area contributed by atoms with Crippen molar-refractivity contribution in [3.05, 3.63) is 47.8 Å². The van der Waals surface area contributed by atoms with Crippen molar-refractivity contribution < 1.29 is 9.13 Å². The number of ether oxygens (including phenoxy) is 1. The van der Waals surface area contributed by atoms with Gasteiger partial charge in [0, 0.05) is 17.3 Å². The largest absolute Gasteiger partial charge is 0.497 e. The van der Waals surface area contributed by atoms with Crippen LogP contribution >= 0.6 is 0 Å². The van der Waals surface area contributed by atoms with E-state index in [9.17, 15) is 4.39 Å². The first-order valence-corrected chi connectivity index (χ1v) is 5.57. The minimum Gasteiger partial charge on any atom is -0.497 e. The van der Waals surface area contributed by atoms with E-state index >= 15 is 0 Å². The maximum atomic E-state index is 13.4. The quantitative estimate of drug-likeness (QED) is 0.815. The number of halogens is 1. The topological polar surface area (TPSA) is 47.3 Å². The summed E-state index contributed by atoms with van der Waals surface area (Å²) in [5.74, 6) is 0.447. The smallest absolute Gasteiger partial charge is 0.128 e. The second-order valence-electron chi connectivity index (χ2n) is 3.99. The molecule has 0 spiro atoms. The summed E-state index contributed by atoms with van der Waals surface area (Å²) in [6.45, 7) is 1.72. The predicted octanol–water partition coefficient (Wildman–Crippen LogP) is 3.47. The zero-order valence-electron chi connectivity index (χ0n) is 10.3. The van der Waals surface area contributed by atoms with E-state index in [0.29, 0.717) is 28.4 Å². The van der Waals surface area contributed by atoms with Gasteiger partial charge in [0.05, 0.1) is 18.5 Å². The number of anilines is 3. The van der Waals surface area contributed by atoms with Gasteiger partial charge in [0.25, 0.3) is 0 Å². The highest BCUT2D eigenvalue weighted by molar-refractivity contribution is 5.75. The standard InChI is InChI=1S/C14H15FN2O/c1-9-11(15)4-3-5-13(9)17-14-8-10(18-2)6-7-12(14)16/h3-8,17H,16H2,1-2H3. The molecule has 3 nitrogen and oxygen atoms in total. The lowest BCUT2D eigenvalue weighted by Gasteiger charge is -2.13. The molecule has 0 saturated carbocycles. The van der Waals surface area contributed by atoms with Crippen LogP contribution in [0.4, 0.5) is 21.5 Å². The molecule has 0 fully saturated rings. The molecule has 0 bridgehead atoms. The van der Waals surface area contributed by atoms with Crippen molar-refractivity contribution in [3.63, 3.8) is 0 Å². The SMILES string of the molecule is COc1ccc(N)c(Nc2cccc(F)c2C)c1. The van der Waals surface area contributed by atoms with Gasteiger partial charge in [0.15, 0.2) is 0 Å². The van der Waals surface area contributed by atoms with E-state index in [1.165, 1.54) is 6.07 Å². The number of rotatable bonds is 3. The first-order valence-electron chi connectivity index (χ1n) is 5.57. The molecule has 2 aromatic rings. The van der Waals surface area contributed by atoms with E-state index in [2.05, 4.69) is 5.32 Å². The number of nitrogens with one attached hydrogen (secondary N) is 1. The Hall–Kier alpha value is -2.23. The van der Waals surface area contributed by atoms with Crippen molar-refractivity contribution in [3.8, 4) is 5.75 Å². The summed E-state index contributed by atoms with van der Waals surface area (Å²) in [7, 11) is 1.59. The Kier molecular flexibility index (Phi) is 3.37. The van der Waals surface area contributed by atoms with Crippen LogP contribution in [0.25, 0.3) is 0 Å². The van der Waals surface area contributed by atoms with Crippen LogP contribution in [0, 0.1) is 12.7 Å². The molecule has 3 N–H and O–H groups in total. The molecule has 0 heterocycles. The van der Waals surface area contributed by atoms with Crippen LogP contribution in [-0.4, -0.2) is 7.11 Å². The van der Waals surface area contributed by atoms with Gasteiger partial charge in [-0.25, -0.2) is 4.39 Å². The molecule has 0 aliphatic carbocycles. The fourth-order valence-corrected chi connectivity index (χ4v) is 1.66. The molecular formula is C14H15FN2O. The predicted molar refractivity (Wildman–Crippen MR) is 71.8 cm³/mol. The Bertz CT molecular complexity index is 570. The van der Waals surface area contributed by atoms with Crippen LogP contribution in [-0.2, 0) is 0 Å². The van der Waals surface area contributed by atoms with E-state index in [-0.39, 0.29) is 5.82 Å². The Morgan fingerprint density at radius 3 is 2.67 bits per heavy atom. The molecule has 2 aromatic carbocycles. The fraction of sp³-hybridized carbons (Fsp3) is 0.143. The average Bonchev–Trinajstić information content (AvgIpc) is 2.37. The van der Waals surface area contributed by atoms with Gasteiger partial charge >= 0.3 is 0 Å². The van der Waals surface area contributed by atoms with E-state index in [0.717, 1.165) is 0 Å². The monoisotopic (exact) mass is 246 g/mol. The highest BCUT2D eigenvalue weighted by Crippen LogP contribution is 2.29. The third-order valence-corrected chi connectivity index (χ3v) is 2.80. The van der Waals surface area contributed by atoms with Crippen molar-refractivity contribution in [1.82, 2.24) is 0 Å². The Morgan fingerprint density at radius 2 is 1.94 bits per heavy atom. The molecule has 0 saturated heterocycles. The van der Waals surface area contributed by atoms with Gasteiger partial charge in [-0.3, -0.25) is 0 Å². The highest BCUT2D eigenvalue weighted by Gasteiger charge is 2.06. The van der Waals surface area contributed by atoms with Gasteiger partial charge in [-0.05, 0) is 31.2 Å². The van der Waals surface area contributed by atoms with Crippen molar-refractivity contribution in [2.45, 2.75) is 6.92 Å². The summed E-state index contributed by atoms with van der Waals surface area (Å²) in [6, 6.07) is 10.2. The fourth-order valence-electron chi connectivity index (χ4n) is 1.66. The van der Waals surface area contributed by atoms with E-state index < -0.39 is 0 Å². The summed E-state index contributed by atoms with van der Waals surface area (Å²) in [5.41, 5.74) is 8.39. The number of hydrogen-bond donors (Lipinski definition) is 2. The van der Waals surface area contributed by atoms with Crippen LogP contribution in [0.15, 0.2) is 36.4 Å². The zero-order chi connectivity index (χ0) is 13.1. The van der Waals surface area contributed by atoms with Crippen molar-refractivity contribution in [2.75, 3.05) is 18.2 Å². The number of benzene rings is 2. The van der Waals surface area contributed by atoms with Crippen LogP contribution < -0.4 is 15.8 Å². The van der Waals surface area contributed by atoms with Crippen LogP contribution in [0.1, 0.15) is 5.56 Å². The van der Waals surface area contributed by atoms with Gasteiger partial charge in [-0.1, -0.05) is 6.07 Å². The summed E-state index contributed by atoms with van der Waals surface area (Å²) in [6.07, 6.45) is 0. The van der Waals surface area contributed by atoms with Gasteiger partial charge in [0.1, 0.15) is 11.6 Å². The molecule has 18 heavy (non-hydrogen) atoms. The second-order valence-corrected chi connectivity index (χ2v) is 3.99. The average molecular weight is 246 g/mol. The second kappa shape index (κ2) is 4.96. The Labute approximate surface area is 105 Å². The number of nitrogens with two attached hydrogens (primary N) is 1. The van der Waals surface area contributed by atoms with Gasteiger partial charge in [-0.15, -0.1) is 0 Å². The normalized spacial score (nSPS) is 10.2. The molecule has 0 aliphatic heterocycles. The van der Waals surface area contributed by atoms with Gasteiger partial charge < -0.3 is 15.8 Å². The van der Waals surface area contributed by atoms with Gasteiger partial charge in [-0.2, -0.15) is 0 Å². The van der Waals surface area contributed by atoms with Crippen molar-refractivity contribution in [1.29, 1.82) is 0 Å². The summed E-state index contributed by atoms with van der Waals surface area (Å²) in [4.78, 5) is 0. The molecule has 0 unspecified atom stereocenters. The lowest BCUT2D eigenvalue weighted by Crippen LogP contribution is -1.99. The third-order valence-electron chi connectivity index (χ3n) is 2.80. The van der Waals surface area contributed by atoms with Crippen LogP contribution in [0.3, 0.4) is 0 Å². The first-order chi connectivity index (χ1) is 8.61. The summed E-state index contributed by atoms with van der Waals surface area (Å²) < 4.78 is 18.6. The molecule has 0 atom stereocenters. The minimum absolute atomic E-state index is 0.249. The van der Waals surface area contributed by atoms with E-state index in [1.54, 1.807) is 44.4 Å². The zero-order valence-corrected chi connectivity index (χ0v) is 10.3. The molecule has 0 amide bonds. The molecule has 0 aromatic heterocycles. The summed E-state index contributed by atoms with van der Waals surface area (Å²) >= 11 is 0.